The van der Waals surface area contributed by atoms with Crippen LogP contribution in [0, 0.1) is 5.92 Å². The van der Waals surface area contributed by atoms with Crippen LogP contribution in [0.3, 0.4) is 0 Å². The number of hydrogen-bond donors (Lipinski definition) is 0. The number of ether oxygens (including phenoxy) is 1. The first-order valence-electron chi connectivity index (χ1n) is 3.32. The molecular weight excluding hydrogens is 112 g/mol. The molecule has 2 aliphatic rings. The minimum absolute atomic E-state index is 0.525. The molecule has 0 aromatic carbocycles. The zero-order valence-corrected chi connectivity index (χ0v) is 5.55. The lowest BCUT2D eigenvalue weighted by atomic mass is 10.2. The first kappa shape index (κ1) is 5.10. The summed E-state index contributed by atoms with van der Waals surface area (Å²) in [6.07, 6.45) is 3.95. The van der Waals surface area contributed by atoms with Crippen molar-refractivity contribution < 1.29 is 4.74 Å². The summed E-state index contributed by atoms with van der Waals surface area (Å²) in [6.45, 7) is 5.78. The SMILES string of the molecule is C=C(C)C1=CC2CC2O1. The van der Waals surface area contributed by atoms with Gasteiger partial charge in [-0.25, -0.2) is 0 Å². The maximum Gasteiger partial charge on any atom is 0.118 e. The van der Waals surface area contributed by atoms with Crippen molar-refractivity contribution >= 4 is 0 Å². The highest BCUT2D eigenvalue weighted by molar-refractivity contribution is 5.29. The molecule has 1 fully saturated rings. The average Bonchev–Trinajstić information content (AvgIpc) is 2.40. The van der Waals surface area contributed by atoms with Gasteiger partial charge in [-0.05, 0) is 25.0 Å². The Hall–Kier alpha value is -0.720. The predicted molar refractivity (Wildman–Crippen MR) is 35.9 cm³/mol. The fourth-order valence-corrected chi connectivity index (χ4v) is 1.14. The monoisotopic (exact) mass is 122 g/mol. The average molecular weight is 122 g/mol. The summed E-state index contributed by atoms with van der Waals surface area (Å²) >= 11 is 0. The van der Waals surface area contributed by atoms with E-state index in [1.54, 1.807) is 0 Å². The highest BCUT2D eigenvalue weighted by Crippen LogP contribution is 2.44. The van der Waals surface area contributed by atoms with Crippen molar-refractivity contribution in [2.75, 3.05) is 0 Å². The lowest BCUT2D eigenvalue weighted by molar-refractivity contribution is 0.216. The van der Waals surface area contributed by atoms with Crippen LogP contribution >= 0.6 is 0 Å². The highest BCUT2D eigenvalue weighted by Gasteiger charge is 2.43. The summed E-state index contributed by atoms with van der Waals surface area (Å²) in [5, 5.41) is 0. The topological polar surface area (TPSA) is 9.23 Å². The molecule has 2 unspecified atom stereocenters. The molecule has 0 bridgehead atoms. The predicted octanol–water partition coefficient (Wildman–Crippen LogP) is 1.87. The Balaban J connectivity index is 2.15. The van der Waals surface area contributed by atoms with E-state index in [1.165, 1.54) is 6.42 Å². The van der Waals surface area contributed by atoms with E-state index in [9.17, 15) is 0 Å². The lowest BCUT2D eigenvalue weighted by Gasteiger charge is -2.02. The maximum absolute atomic E-state index is 5.46. The van der Waals surface area contributed by atoms with Gasteiger partial charge in [0.25, 0.3) is 0 Å². The Morgan fingerprint density at radius 2 is 2.67 bits per heavy atom. The first-order chi connectivity index (χ1) is 4.27. The summed E-state index contributed by atoms with van der Waals surface area (Å²) in [7, 11) is 0. The van der Waals surface area contributed by atoms with Crippen LogP contribution in [0.1, 0.15) is 13.3 Å². The molecule has 0 amide bonds. The van der Waals surface area contributed by atoms with E-state index in [2.05, 4.69) is 12.7 Å². The van der Waals surface area contributed by atoms with Gasteiger partial charge in [-0.1, -0.05) is 6.58 Å². The molecule has 0 N–H and O–H groups in total. The van der Waals surface area contributed by atoms with Crippen LogP contribution in [0.4, 0.5) is 0 Å². The summed E-state index contributed by atoms with van der Waals surface area (Å²) in [6, 6.07) is 0. The molecule has 0 radical (unpaired) electrons. The van der Waals surface area contributed by atoms with E-state index in [-0.39, 0.29) is 0 Å². The number of allylic oxidation sites excluding steroid dienone is 1. The van der Waals surface area contributed by atoms with Crippen LogP contribution in [0.2, 0.25) is 0 Å². The van der Waals surface area contributed by atoms with Gasteiger partial charge in [-0.3, -0.25) is 0 Å². The molecule has 1 heteroatoms. The summed E-state index contributed by atoms with van der Waals surface area (Å²) in [4.78, 5) is 0. The Kier molecular flexibility index (Phi) is 0.797. The van der Waals surface area contributed by atoms with Crippen LogP contribution in [-0.2, 0) is 4.74 Å². The highest BCUT2D eigenvalue weighted by atomic mass is 16.5. The van der Waals surface area contributed by atoms with Crippen molar-refractivity contribution in [1.29, 1.82) is 0 Å². The molecular formula is C8H10O. The molecule has 1 heterocycles. The van der Waals surface area contributed by atoms with Gasteiger partial charge in [-0.15, -0.1) is 0 Å². The molecule has 0 aromatic rings. The minimum atomic E-state index is 0.525. The second-order valence-corrected chi connectivity index (χ2v) is 2.87. The van der Waals surface area contributed by atoms with Gasteiger partial charge in [0, 0.05) is 5.92 Å². The van der Waals surface area contributed by atoms with Gasteiger partial charge in [-0.2, -0.15) is 0 Å². The molecule has 1 aliphatic heterocycles. The van der Waals surface area contributed by atoms with Gasteiger partial charge in [0.05, 0.1) is 0 Å². The largest absolute Gasteiger partial charge is 0.490 e. The molecule has 1 aliphatic carbocycles. The number of fused-ring (bicyclic) bond motifs is 1. The van der Waals surface area contributed by atoms with Crippen molar-refractivity contribution in [2.45, 2.75) is 19.4 Å². The molecule has 48 valence electrons. The molecule has 0 saturated heterocycles. The van der Waals surface area contributed by atoms with E-state index in [4.69, 9.17) is 4.74 Å². The molecule has 9 heavy (non-hydrogen) atoms. The van der Waals surface area contributed by atoms with Gasteiger partial charge >= 0.3 is 0 Å². The third-order valence-electron chi connectivity index (χ3n) is 1.84. The minimum Gasteiger partial charge on any atom is -0.490 e. The molecule has 1 nitrogen and oxygen atoms in total. The van der Waals surface area contributed by atoms with Gasteiger partial charge in [0.1, 0.15) is 11.9 Å². The Labute approximate surface area is 55.0 Å². The van der Waals surface area contributed by atoms with E-state index < -0.39 is 0 Å². The zero-order valence-electron chi connectivity index (χ0n) is 5.55. The van der Waals surface area contributed by atoms with Crippen molar-refractivity contribution in [2.24, 2.45) is 5.92 Å². The summed E-state index contributed by atoms with van der Waals surface area (Å²) < 4.78 is 5.46. The van der Waals surface area contributed by atoms with Crippen molar-refractivity contribution in [3.63, 3.8) is 0 Å². The number of rotatable bonds is 1. The molecule has 0 spiro atoms. The first-order valence-corrected chi connectivity index (χ1v) is 3.32. The quantitative estimate of drug-likeness (QED) is 0.516. The van der Waals surface area contributed by atoms with E-state index in [1.807, 2.05) is 6.92 Å². The molecule has 2 rings (SSSR count). The Morgan fingerprint density at radius 3 is 3.00 bits per heavy atom. The van der Waals surface area contributed by atoms with E-state index in [0.717, 1.165) is 17.3 Å². The number of hydrogen-bond acceptors (Lipinski definition) is 1. The molecule has 2 atom stereocenters. The van der Waals surface area contributed by atoms with Gasteiger partial charge < -0.3 is 4.74 Å². The molecule has 1 saturated carbocycles. The van der Waals surface area contributed by atoms with Crippen molar-refractivity contribution in [1.82, 2.24) is 0 Å². The second-order valence-electron chi connectivity index (χ2n) is 2.87. The van der Waals surface area contributed by atoms with Crippen molar-refractivity contribution in [3.05, 3.63) is 24.0 Å². The van der Waals surface area contributed by atoms with Crippen LogP contribution in [0.15, 0.2) is 24.0 Å². The van der Waals surface area contributed by atoms with Crippen molar-refractivity contribution in [3.8, 4) is 0 Å². The Morgan fingerprint density at radius 1 is 1.89 bits per heavy atom. The second kappa shape index (κ2) is 1.41. The smallest absolute Gasteiger partial charge is 0.118 e. The fraction of sp³-hybridized carbons (Fsp3) is 0.500. The van der Waals surface area contributed by atoms with Gasteiger partial charge in [0.2, 0.25) is 0 Å². The van der Waals surface area contributed by atoms with E-state index >= 15 is 0 Å². The van der Waals surface area contributed by atoms with Gasteiger partial charge in [0.15, 0.2) is 0 Å². The normalized spacial score (nSPS) is 36.8. The lowest BCUT2D eigenvalue weighted by Crippen LogP contribution is -1.89. The third-order valence-corrected chi connectivity index (χ3v) is 1.84. The maximum atomic E-state index is 5.46. The van der Waals surface area contributed by atoms with E-state index in [0.29, 0.717) is 6.10 Å². The molecule has 0 aromatic heterocycles. The van der Waals surface area contributed by atoms with Crippen LogP contribution < -0.4 is 0 Å². The Bertz CT molecular complexity index is 191. The third kappa shape index (κ3) is 0.680. The van der Waals surface area contributed by atoms with Crippen LogP contribution in [-0.4, -0.2) is 6.10 Å². The summed E-state index contributed by atoms with van der Waals surface area (Å²) in [5.41, 5.74) is 1.06. The van der Waals surface area contributed by atoms with Crippen LogP contribution in [0.5, 0.6) is 0 Å². The van der Waals surface area contributed by atoms with Crippen LogP contribution in [0.25, 0.3) is 0 Å². The zero-order chi connectivity index (χ0) is 6.43. The fourth-order valence-electron chi connectivity index (χ4n) is 1.14. The summed E-state index contributed by atoms with van der Waals surface area (Å²) in [5.74, 6) is 1.76. The standard InChI is InChI=1S/C8H10O/c1-5(2)7-3-6-4-8(6)9-7/h3,6,8H,1,4H2,2H3.